The van der Waals surface area contributed by atoms with Crippen LogP contribution < -0.4 is 5.32 Å². The van der Waals surface area contributed by atoms with Crippen molar-refractivity contribution in [1.29, 1.82) is 0 Å². The lowest BCUT2D eigenvalue weighted by molar-refractivity contribution is 0.722. The van der Waals surface area contributed by atoms with Crippen molar-refractivity contribution in [2.24, 2.45) is 0 Å². The molecule has 0 spiro atoms. The summed E-state index contributed by atoms with van der Waals surface area (Å²) in [6.07, 6.45) is 2.32. The van der Waals surface area contributed by atoms with Gasteiger partial charge in [0.2, 0.25) is 0 Å². The smallest absolute Gasteiger partial charge is 0.107 e. The Morgan fingerprint density at radius 3 is 2.89 bits per heavy atom. The molecule has 1 aromatic heterocycles. The lowest BCUT2D eigenvalue weighted by Crippen LogP contribution is -2.11. The summed E-state index contributed by atoms with van der Waals surface area (Å²) >= 11 is 6.10. The van der Waals surface area contributed by atoms with Gasteiger partial charge in [-0.15, -0.1) is 23.1 Å². The summed E-state index contributed by atoms with van der Waals surface area (Å²) in [7, 11) is 0. The van der Waals surface area contributed by atoms with Crippen LogP contribution in [-0.2, 0) is 13.0 Å². The third-order valence-corrected chi connectivity index (χ3v) is 7.03. The molecule has 2 heterocycles. The highest BCUT2D eigenvalue weighted by Crippen LogP contribution is 2.39. The van der Waals surface area contributed by atoms with Crippen LogP contribution in [-0.4, -0.2) is 28.8 Å². The van der Waals surface area contributed by atoms with Gasteiger partial charge < -0.3 is 5.32 Å². The maximum atomic E-state index is 4.92. The fraction of sp³-hybridized carbons (Fsp3) is 0.769. The Hall–Kier alpha value is 0.290. The van der Waals surface area contributed by atoms with Crippen molar-refractivity contribution >= 4 is 34.9 Å². The first-order chi connectivity index (χ1) is 8.85. The molecule has 0 aromatic carbocycles. The van der Waals surface area contributed by atoms with E-state index in [0.717, 1.165) is 19.5 Å². The molecule has 0 radical (unpaired) electrons. The van der Waals surface area contributed by atoms with Gasteiger partial charge in [0.15, 0.2) is 0 Å². The molecule has 1 aliphatic heterocycles. The zero-order chi connectivity index (χ0) is 12.8. The van der Waals surface area contributed by atoms with Gasteiger partial charge in [-0.2, -0.15) is 11.8 Å². The second kappa shape index (κ2) is 7.78. The third-order valence-electron chi connectivity index (χ3n) is 2.91. The number of aromatic nitrogens is 1. The van der Waals surface area contributed by atoms with Crippen LogP contribution in [0.1, 0.15) is 41.1 Å². The van der Waals surface area contributed by atoms with Crippen LogP contribution in [0.25, 0.3) is 0 Å². The number of thiazole rings is 1. The molecular formula is C13H22N2S3. The Morgan fingerprint density at radius 1 is 1.33 bits per heavy atom. The largest absolute Gasteiger partial charge is 0.312 e. The van der Waals surface area contributed by atoms with Crippen molar-refractivity contribution in [3.05, 3.63) is 15.6 Å². The summed E-state index contributed by atoms with van der Waals surface area (Å²) in [5.41, 5.74) is 1.34. The van der Waals surface area contributed by atoms with E-state index in [9.17, 15) is 0 Å². The third kappa shape index (κ3) is 3.89. The minimum atomic E-state index is 0.639. The van der Waals surface area contributed by atoms with Crippen molar-refractivity contribution in [1.82, 2.24) is 10.3 Å². The number of nitrogens with zero attached hydrogens (tertiary/aromatic N) is 1. The lowest BCUT2D eigenvalue weighted by Gasteiger charge is -2.18. The number of nitrogens with one attached hydrogen (secondary N) is 1. The molecule has 1 atom stereocenters. The van der Waals surface area contributed by atoms with Crippen molar-refractivity contribution in [3.8, 4) is 0 Å². The molecule has 2 rings (SSSR count). The van der Waals surface area contributed by atoms with Gasteiger partial charge in [-0.1, -0.05) is 20.3 Å². The zero-order valence-corrected chi connectivity index (χ0v) is 13.6. The van der Waals surface area contributed by atoms with Gasteiger partial charge in [-0.05, 0) is 13.0 Å². The van der Waals surface area contributed by atoms with Gasteiger partial charge in [0.05, 0.1) is 10.9 Å². The Morgan fingerprint density at radius 2 is 2.22 bits per heavy atom. The molecule has 2 nitrogen and oxygen atoms in total. The van der Waals surface area contributed by atoms with Gasteiger partial charge in [-0.25, -0.2) is 4.98 Å². The molecule has 0 saturated carbocycles. The first kappa shape index (κ1) is 14.7. The molecule has 0 bridgehead atoms. The molecule has 18 heavy (non-hydrogen) atoms. The number of rotatable bonds is 6. The first-order valence-electron chi connectivity index (χ1n) is 6.73. The van der Waals surface area contributed by atoms with Gasteiger partial charge in [0.25, 0.3) is 0 Å². The van der Waals surface area contributed by atoms with Gasteiger partial charge in [0, 0.05) is 28.7 Å². The fourth-order valence-electron chi connectivity index (χ4n) is 1.98. The van der Waals surface area contributed by atoms with E-state index in [2.05, 4.69) is 42.7 Å². The Bertz CT molecular complexity index is 359. The lowest BCUT2D eigenvalue weighted by atomic mass is 10.2. The SMILES string of the molecule is CCCc1nc(C2CSCCS2)sc1CNCC. The highest BCUT2D eigenvalue weighted by Gasteiger charge is 2.21. The zero-order valence-electron chi connectivity index (χ0n) is 11.2. The predicted molar refractivity (Wildman–Crippen MR) is 86.0 cm³/mol. The van der Waals surface area contributed by atoms with Crippen molar-refractivity contribution < 1.29 is 0 Å². The van der Waals surface area contributed by atoms with Crippen LogP contribution >= 0.6 is 34.9 Å². The molecule has 1 saturated heterocycles. The topological polar surface area (TPSA) is 24.9 Å². The van der Waals surface area contributed by atoms with Crippen molar-refractivity contribution in [2.75, 3.05) is 23.8 Å². The average molecular weight is 303 g/mol. The molecule has 1 aliphatic rings. The molecule has 0 aliphatic carbocycles. The Labute approximate surface area is 123 Å². The second-order valence-corrected chi connectivity index (χ2v) is 7.96. The molecule has 1 fully saturated rings. The minimum Gasteiger partial charge on any atom is -0.312 e. The average Bonchev–Trinajstić information content (AvgIpc) is 2.81. The summed E-state index contributed by atoms with van der Waals surface area (Å²) in [6, 6.07) is 0. The summed E-state index contributed by atoms with van der Waals surface area (Å²) in [5.74, 6) is 3.82. The van der Waals surface area contributed by atoms with E-state index in [1.165, 1.54) is 39.3 Å². The Balaban J connectivity index is 2.09. The minimum absolute atomic E-state index is 0.639. The number of hydrogen-bond acceptors (Lipinski definition) is 5. The first-order valence-corrected chi connectivity index (χ1v) is 9.75. The van der Waals surface area contributed by atoms with E-state index in [1.807, 2.05) is 11.3 Å². The second-order valence-electron chi connectivity index (χ2n) is 4.39. The molecular weight excluding hydrogens is 280 g/mol. The van der Waals surface area contributed by atoms with Crippen LogP contribution in [0.4, 0.5) is 0 Å². The van der Waals surface area contributed by atoms with E-state index < -0.39 is 0 Å². The van der Waals surface area contributed by atoms with E-state index in [4.69, 9.17) is 4.98 Å². The standard InChI is InChI=1S/C13H22N2S3/c1-3-5-10-11(8-14-4-2)18-13(15-10)12-9-16-6-7-17-12/h12,14H,3-9H2,1-2H3. The summed E-state index contributed by atoms with van der Waals surface area (Å²) in [4.78, 5) is 6.38. The van der Waals surface area contributed by atoms with Crippen molar-refractivity contribution in [2.45, 2.75) is 38.5 Å². The molecule has 1 aromatic rings. The van der Waals surface area contributed by atoms with Gasteiger partial charge in [0.1, 0.15) is 5.01 Å². The fourth-order valence-corrected chi connectivity index (χ4v) is 6.05. The highest BCUT2D eigenvalue weighted by molar-refractivity contribution is 8.06. The molecule has 1 N–H and O–H groups in total. The summed E-state index contributed by atoms with van der Waals surface area (Å²) in [6.45, 7) is 6.43. The number of aryl methyl sites for hydroxylation is 1. The van der Waals surface area contributed by atoms with Crippen LogP contribution in [0, 0.1) is 0 Å². The van der Waals surface area contributed by atoms with Crippen LogP contribution in [0.3, 0.4) is 0 Å². The van der Waals surface area contributed by atoms with Gasteiger partial charge >= 0.3 is 0 Å². The van der Waals surface area contributed by atoms with Crippen LogP contribution in [0.5, 0.6) is 0 Å². The van der Waals surface area contributed by atoms with Crippen LogP contribution in [0.2, 0.25) is 0 Å². The molecule has 1 unspecified atom stereocenters. The number of hydrogen-bond donors (Lipinski definition) is 1. The molecule has 0 amide bonds. The quantitative estimate of drug-likeness (QED) is 0.865. The molecule has 102 valence electrons. The summed E-state index contributed by atoms with van der Waals surface area (Å²) in [5, 5.41) is 5.44. The monoisotopic (exact) mass is 302 g/mol. The maximum absolute atomic E-state index is 4.92. The van der Waals surface area contributed by atoms with E-state index in [-0.39, 0.29) is 0 Å². The van der Waals surface area contributed by atoms with Gasteiger partial charge in [-0.3, -0.25) is 0 Å². The van der Waals surface area contributed by atoms with Crippen LogP contribution in [0.15, 0.2) is 0 Å². The van der Waals surface area contributed by atoms with E-state index in [0.29, 0.717) is 5.25 Å². The maximum Gasteiger partial charge on any atom is 0.107 e. The van der Waals surface area contributed by atoms with E-state index >= 15 is 0 Å². The normalized spacial score (nSPS) is 20.2. The van der Waals surface area contributed by atoms with E-state index in [1.54, 1.807) is 0 Å². The summed E-state index contributed by atoms with van der Waals surface area (Å²) < 4.78 is 0. The van der Waals surface area contributed by atoms with Crippen molar-refractivity contribution in [3.63, 3.8) is 0 Å². The predicted octanol–water partition coefficient (Wildman–Crippen LogP) is 3.73. The highest BCUT2D eigenvalue weighted by atomic mass is 32.2. The molecule has 5 heteroatoms. The number of thioether (sulfide) groups is 2. The Kier molecular flexibility index (Phi) is 6.35.